The predicted octanol–water partition coefficient (Wildman–Crippen LogP) is 4.25. The Kier molecular flexibility index (Phi) is 4.48. The fourth-order valence-electron chi connectivity index (χ4n) is 1.77. The first-order valence-electron chi connectivity index (χ1n) is 7.22. The Morgan fingerprint density at radius 2 is 2.00 bits per heavy atom. The minimum Gasteiger partial charge on any atom is -0.471 e. The number of thiophene rings is 1. The van der Waals surface area contributed by atoms with Crippen LogP contribution in [0.25, 0.3) is 10.2 Å². The van der Waals surface area contributed by atoms with E-state index in [1.807, 2.05) is 6.92 Å². The summed E-state index contributed by atoms with van der Waals surface area (Å²) >= 11 is 1.71. The number of hydrogen-bond donors (Lipinski definition) is 1. The fourth-order valence-corrected chi connectivity index (χ4v) is 2.73. The number of nitrogens with one attached hydrogen (secondary N) is 1. The van der Waals surface area contributed by atoms with Crippen LogP contribution in [-0.4, -0.2) is 22.1 Å². The van der Waals surface area contributed by atoms with Gasteiger partial charge in [0.05, 0.1) is 5.39 Å². The Hall–Kier alpha value is -1.36. The molecule has 20 heavy (non-hydrogen) atoms. The van der Waals surface area contributed by atoms with Gasteiger partial charge < -0.3 is 10.1 Å². The topological polar surface area (TPSA) is 47.0 Å². The monoisotopic (exact) mass is 293 g/mol. The maximum Gasteiger partial charge on any atom is 0.227 e. The molecule has 0 aliphatic heterocycles. The van der Waals surface area contributed by atoms with Gasteiger partial charge in [0.15, 0.2) is 0 Å². The Labute approximate surface area is 124 Å². The Morgan fingerprint density at radius 1 is 1.25 bits per heavy atom. The van der Waals surface area contributed by atoms with Crippen molar-refractivity contribution in [2.75, 3.05) is 11.9 Å². The van der Waals surface area contributed by atoms with E-state index in [1.54, 1.807) is 11.3 Å². The molecule has 0 radical (unpaired) electrons. The molecule has 4 nitrogen and oxygen atoms in total. The molecule has 0 saturated heterocycles. The van der Waals surface area contributed by atoms with Crippen LogP contribution in [0.3, 0.4) is 0 Å². The number of aryl methyl sites for hydroxylation is 1. The number of fused-ring (bicyclic) bond motifs is 1. The molecule has 0 atom stereocenters. The van der Waals surface area contributed by atoms with Crippen molar-refractivity contribution < 1.29 is 4.74 Å². The zero-order valence-electron chi connectivity index (χ0n) is 12.9. The van der Waals surface area contributed by atoms with E-state index in [0.717, 1.165) is 29.6 Å². The number of aromatic nitrogens is 2. The normalized spacial score (nSPS) is 11.8. The van der Waals surface area contributed by atoms with Crippen molar-refractivity contribution >= 4 is 27.5 Å². The van der Waals surface area contributed by atoms with Crippen LogP contribution in [0.4, 0.5) is 5.95 Å². The lowest BCUT2D eigenvalue weighted by atomic mass is 10.1. The number of rotatable bonds is 6. The van der Waals surface area contributed by atoms with Crippen LogP contribution in [0.15, 0.2) is 6.07 Å². The lowest BCUT2D eigenvalue weighted by Gasteiger charge is -2.24. The van der Waals surface area contributed by atoms with Crippen molar-refractivity contribution in [3.63, 3.8) is 0 Å². The Balaban J connectivity index is 2.50. The molecule has 2 aromatic rings. The molecule has 0 aliphatic rings. The quantitative estimate of drug-likeness (QED) is 0.864. The average Bonchev–Trinajstić information content (AvgIpc) is 2.82. The first kappa shape index (κ1) is 15.0. The summed E-state index contributed by atoms with van der Waals surface area (Å²) in [5.74, 6) is 1.33. The van der Waals surface area contributed by atoms with Crippen molar-refractivity contribution in [3.8, 4) is 5.88 Å². The van der Waals surface area contributed by atoms with E-state index in [9.17, 15) is 0 Å². The van der Waals surface area contributed by atoms with Gasteiger partial charge in [-0.1, -0.05) is 13.8 Å². The number of anilines is 1. The van der Waals surface area contributed by atoms with Crippen LogP contribution < -0.4 is 10.1 Å². The molecule has 0 amide bonds. The molecule has 2 heterocycles. The maximum absolute atomic E-state index is 6.12. The highest BCUT2D eigenvalue weighted by Crippen LogP contribution is 2.33. The SMILES string of the molecule is CCNc1nc(OC(C)(C)CC)c2cc(CC)sc2n1. The lowest BCUT2D eigenvalue weighted by Crippen LogP contribution is -2.27. The van der Waals surface area contributed by atoms with Gasteiger partial charge in [-0.15, -0.1) is 11.3 Å². The summed E-state index contributed by atoms with van der Waals surface area (Å²) in [7, 11) is 0. The molecule has 2 rings (SSSR count). The van der Waals surface area contributed by atoms with E-state index < -0.39 is 0 Å². The predicted molar refractivity (Wildman–Crippen MR) is 86.0 cm³/mol. The van der Waals surface area contributed by atoms with Gasteiger partial charge in [-0.3, -0.25) is 0 Å². The number of hydrogen-bond acceptors (Lipinski definition) is 5. The zero-order chi connectivity index (χ0) is 14.8. The van der Waals surface area contributed by atoms with Crippen LogP contribution in [0, 0.1) is 0 Å². The number of ether oxygens (including phenoxy) is 1. The van der Waals surface area contributed by atoms with Gasteiger partial charge in [-0.2, -0.15) is 4.98 Å². The van der Waals surface area contributed by atoms with E-state index in [2.05, 4.69) is 49.0 Å². The molecular formula is C15H23N3OS. The highest BCUT2D eigenvalue weighted by atomic mass is 32.1. The third-order valence-electron chi connectivity index (χ3n) is 3.32. The molecule has 110 valence electrons. The summed E-state index contributed by atoms with van der Waals surface area (Å²) in [6, 6.07) is 2.15. The largest absolute Gasteiger partial charge is 0.471 e. The zero-order valence-corrected chi connectivity index (χ0v) is 13.7. The fraction of sp³-hybridized carbons (Fsp3) is 0.600. The van der Waals surface area contributed by atoms with E-state index in [1.165, 1.54) is 4.88 Å². The van der Waals surface area contributed by atoms with Gasteiger partial charge in [0.1, 0.15) is 10.4 Å². The minimum atomic E-state index is -0.223. The summed E-state index contributed by atoms with van der Waals surface area (Å²) in [6.07, 6.45) is 1.94. The summed E-state index contributed by atoms with van der Waals surface area (Å²) in [5.41, 5.74) is -0.223. The highest BCUT2D eigenvalue weighted by molar-refractivity contribution is 7.18. The lowest BCUT2D eigenvalue weighted by molar-refractivity contribution is 0.101. The maximum atomic E-state index is 6.12. The molecule has 0 unspecified atom stereocenters. The summed E-state index contributed by atoms with van der Waals surface area (Å²) < 4.78 is 6.12. The molecule has 0 saturated carbocycles. The first-order chi connectivity index (χ1) is 9.49. The first-order valence-corrected chi connectivity index (χ1v) is 8.04. The molecule has 2 aromatic heterocycles. The van der Waals surface area contributed by atoms with Gasteiger partial charge >= 0.3 is 0 Å². The molecule has 0 aliphatic carbocycles. The summed E-state index contributed by atoms with van der Waals surface area (Å²) in [4.78, 5) is 11.4. The smallest absolute Gasteiger partial charge is 0.227 e. The average molecular weight is 293 g/mol. The van der Waals surface area contributed by atoms with Gasteiger partial charge in [-0.05, 0) is 39.7 Å². The molecule has 0 fully saturated rings. The molecular weight excluding hydrogens is 270 g/mol. The third kappa shape index (κ3) is 3.20. The van der Waals surface area contributed by atoms with Crippen molar-refractivity contribution in [1.29, 1.82) is 0 Å². The molecule has 1 N–H and O–H groups in total. The van der Waals surface area contributed by atoms with Gasteiger partial charge in [-0.25, -0.2) is 4.98 Å². The second-order valence-corrected chi connectivity index (χ2v) is 6.50. The highest BCUT2D eigenvalue weighted by Gasteiger charge is 2.21. The Bertz CT molecular complexity index is 592. The van der Waals surface area contributed by atoms with Crippen molar-refractivity contribution in [2.45, 2.75) is 53.1 Å². The number of nitrogens with zero attached hydrogens (tertiary/aromatic N) is 2. The third-order valence-corrected chi connectivity index (χ3v) is 4.49. The molecule has 0 spiro atoms. The van der Waals surface area contributed by atoms with E-state index in [0.29, 0.717) is 11.8 Å². The van der Waals surface area contributed by atoms with Crippen LogP contribution >= 0.6 is 11.3 Å². The van der Waals surface area contributed by atoms with E-state index in [4.69, 9.17) is 4.74 Å². The van der Waals surface area contributed by atoms with Gasteiger partial charge in [0.25, 0.3) is 0 Å². The van der Waals surface area contributed by atoms with Crippen LogP contribution in [0.5, 0.6) is 5.88 Å². The van der Waals surface area contributed by atoms with Crippen molar-refractivity contribution in [3.05, 3.63) is 10.9 Å². The molecule has 0 bridgehead atoms. The summed E-state index contributed by atoms with van der Waals surface area (Å²) in [6.45, 7) is 11.3. The standard InChI is InChI=1S/C15H23N3OS/c1-6-10-9-11-12(19-15(4,5)7-2)17-14(16-8-3)18-13(11)20-10/h9H,6-8H2,1-5H3,(H,16,17,18). The van der Waals surface area contributed by atoms with Crippen LogP contribution in [0.2, 0.25) is 0 Å². The van der Waals surface area contributed by atoms with E-state index >= 15 is 0 Å². The molecule has 5 heteroatoms. The van der Waals surface area contributed by atoms with Crippen LogP contribution in [0.1, 0.15) is 45.9 Å². The second kappa shape index (κ2) is 5.95. The van der Waals surface area contributed by atoms with Gasteiger partial charge in [0, 0.05) is 11.4 Å². The van der Waals surface area contributed by atoms with Crippen LogP contribution in [-0.2, 0) is 6.42 Å². The second-order valence-electron chi connectivity index (χ2n) is 5.38. The van der Waals surface area contributed by atoms with Crippen molar-refractivity contribution in [1.82, 2.24) is 9.97 Å². The Morgan fingerprint density at radius 3 is 2.60 bits per heavy atom. The van der Waals surface area contributed by atoms with E-state index in [-0.39, 0.29) is 5.60 Å². The van der Waals surface area contributed by atoms with Gasteiger partial charge in [0.2, 0.25) is 11.8 Å². The summed E-state index contributed by atoms with van der Waals surface area (Å²) in [5, 5.41) is 4.20. The van der Waals surface area contributed by atoms with Crippen molar-refractivity contribution in [2.24, 2.45) is 0 Å². The molecule has 0 aromatic carbocycles. The minimum absolute atomic E-state index is 0.223.